The van der Waals surface area contributed by atoms with Crippen LogP contribution in [0, 0.1) is 6.92 Å². The molecule has 2 aromatic heterocycles. The Bertz CT molecular complexity index is 852. The number of aryl methyl sites for hydroxylation is 1. The van der Waals surface area contributed by atoms with Gasteiger partial charge < -0.3 is 4.90 Å². The van der Waals surface area contributed by atoms with E-state index in [2.05, 4.69) is 20.2 Å². The number of nitrogens with zero attached hydrogens (tertiary/aromatic N) is 6. The molecule has 3 heterocycles. The van der Waals surface area contributed by atoms with Crippen molar-refractivity contribution in [2.45, 2.75) is 43.9 Å². The third-order valence-corrected chi connectivity index (χ3v) is 7.47. The molecule has 2 aromatic rings. The molecule has 0 bridgehead atoms. The Morgan fingerprint density at radius 1 is 1.12 bits per heavy atom. The second kappa shape index (κ2) is 5.66. The van der Waals surface area contributed by atoms with E-state index in [4.69, 9.17) is 0 Å². The van der Waals surface area contributed by atoms with Gasteiger partial charge in [0.25, 0.3) is 0 Å². The molecule has 0 aromatic carbocycles. The summed E-state index contributed by atoms with van der Waals surface area (Å²) in [4.78, 5) is 2.20. The molecule has 9 heteroatoms. The zero-order valence-electron chi connectivity index (χ0n) is 14.0. The average molecular weight is 350 g/mol. The number of hydrogen-bond acceptors (Lipinski definition) is 6. The van der Waals surface area contributed by atoms with Crippen molar-refractivity contribution in [3.8, 4) is 0 Å². The van der Waals surface area contributed by atoms with Crippen molar-refractivity contribution in [3.63, 3.8) is 0 Å². The van der Waals surface area contributed by atoms with Crippen LogP contribution >= 0.6 is 0 Å². The van der Waals surface area contributed by atoms with E-state index >= 15 is 0 Å². The Kier molecular flexibility index (Phi) is 3.72. The van der Waals surface area contributed by atoms with Crippen LogP contribution in [0.15, 0.2) is 12.1 Å². The second-order valence-corrected chi connectivity index (χ2v) is 8.96. The lowest BCUT2D eigenvalue weighted by Crippen LogP contribution is -2.46. The highest BCUT2D eigenvalue weighted by Crippen LogP contribution is 2.33. The number of piperidine rings is 1. The number of sulfonamides is 1. The highest BCUT2D eigenvalue weighted by Gasteiger charge is 2.41. The Morgan fingerprint density at radius 3 is 2.50 bits per heavy atom. The van der Waals surface area contributed by atoms with Crippen molar-refractivity contribution in [2.75, 3.05) is 25.0 Å². The van der Waals surface area contributed by atoms with Gasteiger partial charge >= 0.3 is 0 Å². The molecule has 0 spiro atoms. The molecule has 0 N–H and O–H groups in total. The van der Waals surface area contributed by atoms with Crippen molar-refractivity contribution in [1.29, 1.82) is 0 Å². The van der Waals surface area contributed by atoms with E-state index in [9.17, 15) is 8.42 Å². The summed E-state index contributed by atoms with van der Waals surface area (Å²) in [5.74, 6) is 1.65. The van der Waals surface area contributed by atoms with Gasteiger partial charge in [0.05, 0.1) is 5.25 Å². The predicted molar refractivity (Wildman–Crippen MR) is 90.5 cm³/mol. The number of rotatable bonds is 4. The maximum Gasteiger partial charge on any atom is 0.216 e. The van der Waals surface area contributed by atoms with Crippen LogP contribution in [0.25, 0.3) is 5.65 Å². The van der Waals surface area contributed by atoms with E-state index in [1.165, 1.54) is 0 Å². The molecule has 0 radical (unpaired) electrons. The second-order valence-electron chi connectivity index (χ2n) is 6.69. The summed E-state index contributed by atoms with van der Waals surface area (Å²) in [6.45, 7) is 3.48. The molecule has 1 saturated heterocycles. The average Bonchev–Trinajstić information content (AvgIpc) is 3.39. The Balaban J connectivity index is 1.46. The van der Waals surface area contributed by atoms with Crippen LogP contribution in [-0.2, 0) is 10.0 Å². The van der Waals surface area contributed by atoms with Crippen LogP contribution in [0.2, 0.25) is 0 Å². The number of anilines is 1. The first-order chi connectivity index (χ1) is 11.5. The van der Waals surface area contributed by atoms with Gasteiger partial charge in [-0.2, -0.15) is 4.52 Å². The summed E-state index contributed by atoms with van der Waals surface area (Å²) in [5.41, 5.74) is 0.737. The summed E-state index contributed by atoms with van der Waals surface area (Å²) in [6.07, 6.45) is 3.27. The Labute approximate surface area is 141 Å². The Morgan fingerprint density at radius 2 is 1.83 bits per heavy atom. The molecule has 8 nitrogen and oxygen atoms in total. The van der Waals surface area contributed by atoms with Gasteiger partial charge in [-0.1, -0.05) is 0 Å². The lowest BCUT2D eigenvalue weighted by Gasteiger charge is -2.36. The summed E-state index contributed by atoms with van der Waals surface area (Å²) in [7, 11) is -1.36. The van der Waals surface area contributed by atoms with Crippen LogP contribution < -0.4 is 4.90 Å². The minimum absolute atomic E-state index is 0.0900. The number of fused-ring (bicyclic) bond motifs is 1. The zero-order chi connectivity index (χ0) is 16.9. The fraction of sp³-hybridized carbons (Fsp3) is 0.667. The summed E-state index contributed by atoms with van der Waals surface area (Å²) < 4.78 is 28.1. The normalized spacial score (nSPS) is 20.2. The summed E-state index contributed by atoms with van der Waals surface area (Å²) in [6, 6.07) is 3.96. The summed E-state index contributed by atoms with van der Waals surface area (Å²) in [5, 5.41) is 12.5. The van der Waals surface area contributed by atoms with E-state index in [0.29, 0.717) is 0 Å². The highest BCUT2D eigenvalue weighted by molar-refractivity contribution is 7.90. The largest absolute Gasteiger partial charge is 0.355 e. The molecule has 130 valence electrons. The van der Waals surface area contributed by atoms with Gasteiger partial charge in [-0.15, -0.1) is 15.3 Å². The lowest BCUT2D eigenvalue weighted by atomic mass is 10.1. The van der Waals surface area contributed by atoms with Crippen LogP contribution in [0.5, 0.6) is 0 Å². The third kappa shape index (κ3) is 2.65. The quantitative estimate of drug-likeness (QED) is 0.812. The summed E-state index contributed by atoms with van der Waals surface area (Å²) >= 11 is 0. The first-order valence-corrected chi connectivity index (χ1v) is 9.88. The number of aromatic nitrogens is 4. The molecule has 1 aliphatic carbocycles. The van der Waals surface area contributed by atoms with Gasteiger partial charge in [0.15, 0.2) is 11.5 Å². The molecule has 0 amide bonds. The predicted octanol–water partition coefficient (Wildman–Crippen LogP) is 0.826. The SMILES string of the molecule is Cc1nnc2ccc(N3CCC(N(C)S(=O)(=O)C4CC4)CC3)nn12. The minimum Gasteiger partial charge on any atom is -0.355 e. The molecule has 0 unspecified atom stereocenters. The maximum atomic E-state index is 12.4. The van der Waals surface area contributed by atoms with E-state index in [-0.39, 0.29) is 11.3 Å². The third-order valence-electron chi connectivity index (χ3n) is 5.05. The van der Waals surface area contributed by atoms with Crippen molar-refractivity contribution in [1.82, 2.24) is 24.1 Å². The Hall–Kier alpha value is -1.74. The fourth-order valence-corrected chi connectivity index (χ4v) is 5.15. The van der Waals surface area contributed by atoms with E-state index < -0.39 is 10.0 Å². The molecule has 2 aliphatic rings. The lowest BCUT2D eigenvalue weighted by molar-refractivity contribution is 0.311. The monoisotopic (exact) mass is 350 g/mol. The van der Waals surface area contributed by atoms with Crippen LogP contribution in [0.1, 0.15) is 31.5 Å². The fourth-order valence-electron chi connectivity index (χ4n) is 3.32. The van der Waals surface area contributed by atoms with E-state index in [1.54, 1.807) is 15.9 Å². The smallest absolute Gasteiger partial charge is 0.216 e. The molecule has 1 saturated carbocycles. The van der Waals surface area contributed by atoms with Gasteiger partial charge in [-0.05, 0) is 44.7 Å². The zero-order valence-corrected chi connectivity index (χ0v) is 14.8. The van der Waals surface area contributed by atoms with Gasteiger partial charge in [0.2, 0.25) is 10.0 Å². The van der Waals surface area contributed by atoms with Crippen LogP contribution in [0.3, 0.4) is 0 Å². The van der Waals surface area contributed by atoms with Crippen molar-refractivity contribution < 1.29 is 8.42 Å². The topological polar surface area (TPSA) is 83.7 Å². The molecule has 24 heavy (non-hydrogen) atoms. The minimum atomic E-state index is -3.10. The molecule has 0 atom stereocenters. The number of hydrogen-bond donors (Lipinski definition) is 0. The van der Waals surface area contributed by atoms with Gasteiger partial charge in [-0.25, -0.2) is 12.7 Å². The van der Waals surface area contributed by atoms with Crippen LogP contribution in [-0.4, -0.2) is 64.0 Å². The van der Waals surface area contributed by atoms with Crippen LogP contribution in [0.4, 0.5) is 5.82 Å². The van der Waals surface area contributed by atoms with Crippen molar-refractivity contribution in [3.05, 3.63) is 18.0 Å². The molecule has 4 rings (SSSR count). The van der Waals surface area contributed by atoms with Gasteiger partial charge in [0.1, 0.15) is 5.82 Å². The molecule has 2 fully saturated rings. The van der Waals surface area contributed by atoms with Gasteiger partial charge in [-0.3, -0.25) is 0 Å². The van der Waals surface area contributed by atoms with E-state index in [0.717, 1.165) is 56.1 Å². The van der Waals surface area contributed by atoms with Crippen molar-refractivity contribution in [2.24, 2.45) is 0 Å². The molecular formula is C15H22N6O2S. The molecular weight excluding hydrogens is 328 g/mol. The first-order valence-electron chi connectivity index (χ1n) is 8.37. The maximum absolute atomic E-state index is 12.4. The van der Waals surface area contributed by atoms with E-state index in [1.807, 2.05) is 19.1 Å². The van der Waals surface area contributed by atoms with Crippen molar-refractivity contribution >= 4 is 21.5 Å². The standard InChI is InChI=1S/C15H22N6O2S/c1-11-16-17-14-5-6-15(18-21(11)14)20-9-7-12(8-10-20)19(2)24(22,23)13-3-4-13/h5-6,12-13H,3-4,7-10H2,1-2H3. The first kappa shape index (κ1) is 15.8. The van der Waals surface area contributed by atoms with Gasteiger partial charge in [0, 0.05) is 26.2 Å². The molecule has 1 aliphatic heterocycles. The highest BCUT2D eigenvalue weighted by atomic mass is 32.2.